The molecule has 4 rings (SSSR count). The predicted octanol–water partition coefficient (Wildman–Crippen LogP) is 5.99. The Morgan fingerprint density at radius 1 is 0.903 bits per heavy atom. The second kappa shape index (κ2) is 10.4. The molecule has 0 aliphatic rings. The number of nitrogens with zero attached hydrogens (tertiary/aromatic N) is 2. The number of rotatable bonds is 9. The van der Waals surface area contributed by atoms with Crippen molar-refractivity contribution >= 4 is 32.9 Å². The van der Waals surface area contributed by atoms with E-state index in [0.29, 0.717) is 12.1 Å². The van der Waals surface area contributed by atoms with Crippen molar-refractivity contribution < 1.29 is 4.79 Å². The zero-order valence-corrected chi connectivity index (χ0v) is 19.0. The summed E-state index contributed by atoms with van der Waals surface area (Å²) in [6, 6.07) is 26.1. The number of aryl methyl sites for hydroxylation is 1. The van der Waals surface area contributed by atoms with E-state index in [1.807, 2.05) is 42.5 Å². The molecule has 1 amide bonds. The third-order valence-electron chi connectivity index (χ3n) is 5.36. The molecule has 0 bridgehead atoms. The van der Waals surface area contributed by atoms with Crippen LogP contribution < -0.4 is 5.32 Å². The molecule has 0 aliphatic heterocycles. The standard InChI is InChI=1S/C26H26BrN3O/c27-22-13-9-10-20(18-22)19-30-24-15-7-6-14-23(24)29-25(30)16-5-2-8-17-28-26(31)21-11-3-1-4-12-21/h1,3-4,6-7,9-15,18H,2,5,8,16-17,19H2,(H,28,31). The zero-order chi connectivity index (χ0) is 21.5. The average Bonchev–Trinajstić information content (AvgIpc) is 3.14. The normalized spacial score (nSPS) is 11.0. The molecule has 158 valence electrons. The topological polar surface area (TPSA) is 46.9 Å². The van der Waals surface area contributed by atoms with Crippen LogP contribution in [0.3, 0.4) is 0 Å². The average molecular weight is 476 g/mol. The molecule has 0 atom stereocenters. The minimum absolute atomic E-state index is 0.00332. The monoisotopic (exact) mass is 475 g/mol. The summed E-state index contributed by atoms with van der Waals surface area (Å²) in [5, 5.41) is 3.00. The third-order valence-corrected chi connectivity index (χ3v) is 5.86. The van der Waals surface area contributed by atoms with Crippen molar-refractivity contribution in [3.05, 3.63) is 100 Å². The number of carbonyl (C=O) groups excluding carboxylic acids is 1. The highest BCUT2D eigenvalue weighted by Gasteiger charge is 2.11. The molecule has 0 spiro atoms. The number of unbranched alkanes of at least 4 members (excludes halogenated alkanes) is 2. The van der Waals surface area contributed by atoms with Crippen molar-refractivity contribution in [3.63, 3.8) is 0 Å². The van der Waals surface area contributed by atoms with Gasteiger partial charge in [0.05, 0.1) is 11.0 Å². The Hall–Kier alpha value is -2.92. The van der Waals surface area contributed by atoms with E-state index in [1.165, 1.54) is 11.1 Å². The third kappa shape index (κ3) is 5.61. The van der Waals surface area contributed by atoms with Gasteiger partial charge in [-0.1, -0.05) is 64.8 Å². The lowest BCUT2D eigenvalue weighted by atomic mass is 10.1. The summed E-state index contributed by atoms with van der Waals surface area (Å²) < 4.78 is 3.42. The van der Waals surface area contributed by atoms with Crippen molar-refractivity contribution in [2.75, 3.05) is 6.54 Å². The SMILES string of the molecule is O=C(NCCCCCc1nc2ccccc2n1Cc1cccc(Br)c1)c1ccccc1. The van der Waals surface area contributed by atoms with Crippen molar-refractivity contribution in [1.29, 1.82) is 0 Å². The van der Waals surface area contributed by atoms with Crippen LogP contribution in [0.4, 0.5) is 0 Å². The van der Waals surface area contributed by atoms with Gasteiger partial charge in [0.1, 0.15) is 5.82 Å². The number of imidazole rings is 1. The van der Waals surface area contributed by atoms with Gasteiger partial charge in [0.2, 0.25) is 0 Å². The number of aromatic nitrogens is 2. The molecule has 4 nitrogen and oxygen atoms in total. The van der Waals surface area contributed by atoms with Gasteiger partial charge in [-0.2, -0.15) is 0 Å². The van der Waals surface area contributed by atoms with Crippen LogP contribution in [0, 0.1) is 0 Å². The van der Waals surface area contributed by atoms with E-state index in [-0.39, 0.29) is 5.91 Å². The lowest BCUT2D eigenvalue weighted by Gasteiger charge is -2.10. The summed E-state index contributed by atoms with van der Waals surface area (Å²) in [6.45, 7) is 1.50. The first kappa shape index (κ1) is 21.3. The van der Waals surface area contributed by atoms with Gasteiger partial charge in [0.15, 0.2) is 0 Å². The van der Waals surface area contributed by atoms with Gasteiger partial charge in [-0.05, 0) is 54.8 Å². The maximum atomic E-state index is 12.1. The number of benzene rings is 3. The first-order chi connectivity index (χ1) is 15.2. The zero-order valence-electron chi connectivity index (χ0n) is 17.4. The highest BCUT2D eigenvalue weighted by molar-refractivity contribution is 9.10. The number of amides is 1. The molecule has 31 heavy (non-hydrogen) atoms. The molecule has 3 aromatic carbocycles. The Morgan fingerprint density at radius 2 is 1.71 bits per heavy atom. The van der Waals surface area contributed by atoms with E-state index >= 15 is 0 Å². The fourth-order valence-corrected chi connectivity index (χ4v) is 4.24. The van der Waals surface area contributed by atoms with E-state index in [1.54, 1.807) is 0 Å². The van der Waals surface area contributed by atoms with Crippen LogP contribution in [-0.4, -0.2) is 22.0 Å². The van der Waals surface area contributed by atoms with Crippen LogP contribution in [-0.2, 0) is 13.0 Å². The molecule has 1 N–H and O–H groups in total. The fraction of sp³-hybridized carbons (Fsp3) is 0.231. The second-order valence-corrected chi connectivity index (χ2v) is 8.58. The van der Waals surface area contributed by atoms with Crippen LogP contribution in [0.1, 0.15) is 41.0 Å². The molecule has 0 saturated heterocycles. The summed E-state index contributed by atoms with van der Waals surface area (Å²) in [5.74, 6) is 1.12. The maximum Gasteiger partial charge on any atom is 0.251 e. The predicted molar refractivity (Wildman–Crippen MR) is 129 cm³/mol. The molecule has 0 saturated carbocycles. The molecule has 4 aromatic rings. The second-order valence-electron chi connectivity index (χ2n) is 7.67. The smallest absolute Gasteiger partial charge is 0.251 e. The lowest BCUT2D eigenvalue weighted by Crippen LogP contribution is -2.24. The van der Waals surface area contributed by atoms with E-state index in [9.17, 15) is 4.79 Å². The Bertz CT molecular complexity index is 1150. The lowest BCUT2D eigenvalue weighted by molar-refractivity contribution is 0.0953. The van der Waals surface area contributed by atoms with Gasteiger partial charge in [-0.25, -0.2) is 4.98 Å². The van der Waals surface area contributed by atoms with Gasteiger partial charge in [0.25, 0.3) is 5.91 Å². The number of hydrogen-bond donors (Lipinski definition) is 1. The largest absolute Gasteiger partial charge is 0.352 e. The number of nitrogens with one attached hydrogen (secondary N) is 1. The number of fused-ring (bicyclic) bond motifs is 1. The van der Waals surface area contributed by atoms with Crippen LogP contribution >= 0.6 is 15.9 Å². The van der Waals surface area contributed by atoms with Gasteiger partial charge < -0.3 is 9.88 Å². The molecular formula is C26H26BrN3O. The first-order valence-corrected chi connectivity index (χ1v) is 11.5. The molecule has 0 radical (unpaired) electrons. The Morgan fingerprint density at radius 3 is 2.55 bits per heavy atom. The Balaban J connectivity index is 1.33. The van der Waals surface area contributed by atoms with Gasteiger partial charge in [0, 0.05) is 29.5 Å². The van der Waals surface area contributed by atoms with Crippen molar-refractivity contribution in [2.24, 2.45) is 0 Å². The minimum atomic E-state index is -0.00332. The van der Waals surface area contributed by atoms with E-state index in [4.69, 9.17) is 4.98 Å². The highest BCUT2D eigenvalue weighted by Crippen LogP contribution is 2.21. The number of para-hydroxylation sites is 2. The Labute approximate surface area is 191 Å². The van der Waals surface area contributed by atoms with E-state index in [2.05, 4.69) is 62.2 Å². The summed E-state index contributed by atoms with van der Waals surface area (Å²) >= 11 is 3.57. The molecule has 0 unspecified atom stereocenters. The van der Waals surface area contributed by atoms with E-state index in [0.717, 1.165) is 48.0 Å². The highest BCUT2D eigenvalue weighted by atomic mass is 79.9. The molecule has 0 aliphatic carbocycles. The Kier molecular flexibility index (Phi) is 7.15. The molecule has 1 aromatic heterocycles. The number of carbonyl (C=O) groups is 1. The van der Waals surface area contributed by atoms with Gasteiger partial charge in [-0.3, -0.25) is 4.79 Å². The van der Waals surface area contributed by atoms with Crippen LogP contribution in [0.5, 0.6) is 0 Å². The van der Waals surface area contributed by atoms with Crippen LogP contribution in [0.25, 0.3) is 11.0 Å². The molecule has 1 heterocycles. The van der Waals surface area contributed by atoms with Crippen LogP contribution in [0.15, 0.2) is 83.3 Å². The van der Waals surface area contributed by atoms with Crippen molar-refractivity contribution in [1.82, 2.24) is 14.9 Å². The van der Waals surface area contributed by atoms with Gasteiger partial charge in [-0.15, -0.1) is 0 Å². The molecular weight excluding hydrogens is 450 g/mol. The number of halogens is 1. The summed E-state index contributed by atoms with van der Waals surface area (Å²) in [6.07, 6.45) is 3.98. The van der Waals surface area contributed by atoms with Crippen molar-refractivity contribution in [2.45, 2.75) is 32.2 Å². The summed E-state index contributed by atoms with van der Waals surface area (Å²) in [5.41, 5.74) is 4.18. The minimum Gasteiger partial charge on any atom is -0.352 e. The van der Waals surface area contributed by atoms with Crippen molar-refractivity contribution in [3.8, 4) is 0 Å². The summed E-state index contributed by atoms with van der Waals surface area (Å²) in [7, 11) is 0. The van der Waals surface area contributed by atoms with E-state index < -0.39 is 0 Å². The van der Waals surface area contributed by atoms with Crippen LogP contribution in [0.2, 0.25) is 0 Å². The van der Waals surface area contributed by atoms with Gasteiger partial charge >= 0.3 is 0 Å². The fourth-order valence-electron chi connectivity index (χ4n) is 3.79. The maximum absolute atomic E-state index is 12.1. The number of hydrogen-bond acceptors (Lipinski definition) is 2. The quantitative estimate of drug-likeness (QED) is 0.302. The molecule has 5 heteroatoms. The molecule has 0 fully saturated rings. The first-order valence-electron chi connectivity index (χ1n) is 10.7. The summed E-state index contributed by atoms with van der Waals surface area (Å²) in [4.78, 5) is 17.0.